The van der Waals surface area contributed by atoms with Crippen molar-refractivity contribution >= 4 is 29.2 Å². The number of aromatic amines is 1. The van der Waals surface area contributed by atoms with Crippen molar-refractivity contribution in [3.05, 3.63) is 51.4 Å². The lowest BCUT2D eigenvalue weighted by atomic mass is 10.1. The van der Waals surface area contributed by atoms with Crippen LogP contribution in [0.25, 0.3) is 0 Å². The van der Waals surface area contributed by atoms with Crippen molar-refractivity contribution in [3.63, 3.8) is 0 Å². The topological polar surface area (TPSA) is 98.6 Å². The van der Waals surface area contributed by atoms with Crippen LogP contribution in [-0.2, 0) is 6.54 Å². The Bertz CT molecular complexity index is 846. The minimum absolute atomic E-state index is 0.177. The SMILES string of the molecule is Cc1cc(OC(=O)c2ccc(Cl)c(Cn3ncnn3)c2Cl)[nH]n1. The second-order valence-corrected chi connectivity index (χ2v) is 5.40. The van der Waals surface area contributed by atoms with Gasteiger partial charge in [-0.1, -0.05) is 23.2 Å². The standard InChI is InChI=1S/C13H10Cl2N6O2/c1-7-4-11(19-18-7)23-13(22)8-2-3-10(14)9(12(8)15)5-21-17-6-16-20-21/h2-4,6H,5H2,1H3,(H,18,19). The van der Waals surface area contributed by atoms with Crippen molar-refractivity contribution < 1.29 is 9.53 Å². The molecule has 0 unspecified atom stereocenters. The molecule has 0 amide bonds. The summed E-state index contributed by atoms with van der Waals surface area (Å²) in [5.74, 6) is -0.388. The van der Waals surface area contributed by atoms with Crippen LogP contribution in [0.1, 0.15) is 21.6 Å². The minimum Gasteiger partial charge on any atom is -0.404 e. The molecule has 0 saturated carbocycles. The lowest BCUT2D eigenvalue weighted by Crippen LogP contribution is -2.12. The van der Waals surface area contributed by atoms with Gasteiger partial charge >= 0.3 is 5.97 Å². The normalized spacial score (nSPS) is 10.7. The van der Waals surface area contributed by atoms with E-state index in [0.29, 0.717) is 16.3 Å². The average Bonchev–Trinajstić information content (AvgIpc) is 3.15. The molecule has 0 aliphatic heterocycles. The van der Waals surface area contributed by atoms with Crippen molar-refractivity contribution in [1.29, 1.82) is 0 Å². The molecule has 0 radical (unpaired) electrons. The molecule has 3 aromatic rings. The van der Waals surface area contributed by atoms with E-state index in [1.165, 1.54) is 17.2 Å². The van der Waals surface area contributed by atoms with Crippen LogP contribution in [0.2, 0.25) is 10.0 Å². The molecule has 0 saturated heterocycles. The van der Waals surface area contributed by atoms with E-state index in [2.05, 4.69) is 25.6 Å². The first kappa shape index (κ1) is 15.4. The number of hydrogen-bond acceptors (Lipinski definition) is 6. The second-order valence-electron chi connectivity index (χ2n) is 4.62. The lowest BCUT2D eigenvalue weighted by molar-refractivity contribution is 0.0727. The molecule has 8 nitrogen and oxygen atoms in total. The van der Waals surface area contributed by atoms with Crippen molar-refractivity contribution in [2.75, 3.05) is 0 Å². The Balaban J connectivity index is 1.89. The maximum Gasteiger partial charge on any atom is 0.346 e. The van der Waals surface area contributed by atoms with Crippen LogP contribution in [0, 0.1) is 6.92 Å². The number of nitrogens with zero attached hydrogens (tertiary/aromatic N) is 5. The molecular weight excluding hydrogens is 343 g/mol. The van der Waals surface area contributed by atoms with Crippen LogP contribution in [0.4, 0.5) is 0 Å². The average molecular weight is 353 g/mol. The number of esters is 1. The van der Waals surface area contributed by atoms with Crippen LogP contribution in [0.15, 0.2) is 24.5 Å². The predicted octanol–water partition coefficient (Wildman–Crippen LogP) is 2.28. The number of nitrogens with one attached hydrogen (secondary N) is 1. The van der Waals surface area contributed by atoms with Gasteiger partial charge in [-0.15, -0.1) is 10.2 Å². The van der Waals surface area contributed by atoms with Gasteiger partial charge in [0.2, 0.25) is 5.88 Å². The number of aryl methyl sites for hydroxylation is 1. The summed E-state index contributed by atoms with van der Waals surface area (Å²) in [5.41, 5.74) is 1.38. The van der Waals surface area contributed by atoms with Crippen LogP contribution in [0.3, 0.4) is 0 Å². The summed E-state index contributed by atoms with van der Waals surface area (Å²) in [4.78, 5) is 13.6. The fourth-order valence-corrected chi connectivity index (χ4v) is 2.47. The Hall–Kier alpha value is -2.45. The van der Waals surface area contributed by atoms with E-state index in [1.54, 1.807) is 19.1 Å². The summed E-state index contributed by atoms with van der Waals surface area (Å²) in [6.45, 7) is 1.95. The van der Waals surface area contributed by atoms with Crippen molar-refractivity contribution in [1.82, 2.24) is 30.4 Å². The molecule has 23 heavy (non-hydrogen) atoms. The Labute approximate surface area is 140 Å². The maximum atomic E-state index is 12.3. The highest BCUT2D eigenvalue weighted by Crippen LogP contribution is 2.29. The quantitative estimate of drug-likeness (QED) is 0.723. The van der Waals surface area contributed by atoms with Gasteiger partial charge in [0.25, 0.3) is 0 Å². The summed E-state index contributed by atoms with van der Waals surface area (Å²) >= 11 is 12.4. The zero-order chi connectivity index (χ0) is 16.4. The Kier molecular flexibility index (Phi) is 4.26. The lowest BCUT2D eigenvalue weighted by Gasteiger charge is -2.10. The number of carbonyl (C=O) groups is 1. The summed E-state index contributed by atoms with van der Waals surface area (Å²) < 4.78 is 5.20. The molecule has 2 heterocycles. The molecule has 1 aromatic carbocycles. The molecule has 0 atom stereocenters. The zero-order valence-electron chi connectivity index (χ0n) is 11.8. The number of hydrogen-bond donors (Lipinski definition) is 1. The first-order valence-electron chi connectivity index (χ1n) is 6.46. The van der Waals surface area contributed by atoms with E-state index in [9.17, 15) is 4.79 Å². The van der Waals surface area contributed by atoms with Crippen LogP contribution in [-0.4, -0.2) is 36.4 Å². The second kappa shape index (κ2) is 6.35. The summed E-state index contributed by atoms with van der Waals surface area (Å²) in [5, 5.41) is 18.3. The van der Waals surface area contributed by atoms with E-state index < -0.39 is 5.97 Å². The minimum atomic E-state index is -0.622. The van der Waals surface area contributed by atoms with E-state index >= 15 is 0 Å². The number of tetrazole rings is 1. The monoisotopic (exact) mass is 352 g/mol. The van der Waals surface area contributed by atoms with E-state index in [-0.39, 0.29) is 23.0 Å². The van der Waals surface area contributed by atoms with Crippen LogP contribution in [0.5, 0.6) is 5.88 Å². The summed E-state index contributed by atoms with van der Waals surface area (Å²) in [6, 6.07) is 4.66. The number of carbonyl (C=O) groups excluding carboxylic acids is 1. The number of H-pyrrole nitrogens is 1. The zero-order valence-corrected chi connectivity index (χ0v) is 13.3. The fraction of sp³-hybridized carbons (Fsp3) is 0.154. The molecule has 0 spiro atoms. The Morgan fingerprint density at radius 3 is 2.87 bits per heavy atom. The van der Waals surface area contributed by atoms with E-state index in [0.717, 1.165) is 0 Å². The predicted molar refractivity (Wildman–Crippen MR) is 81.7 cm³/mol. The number of halogens is 2. The van der Waals surface area contributed by atoms with Gasteiger partial charge in [-0.3, -0.25) is 0 Å². The summed E-state index contributed by atoms with van der Waals surface area (Å²) in [7, 11) is 0. The molecular formula is C13H10Cl2N6O2. The van der Waals surface area contributed by atoms with Gasteiger partial charge < -0.3 is 4.74 Å². The van der Waals surface area contributed by atoms with Gasteiger partial charge in [-0.25, -0.2) is 9.89 Å². The number of benzene rings is 1. The molecule has 0 aliphatic rings. The first-order chi connectivity index (χ1) is 11.0. The Morgan fingerprint density at radius 2 is 2.22 bits per heavy atom. The highest BCUT2D eigenvalue weighted by atomic mass is 35.5. The molecule has 10 heteroatoms. The van der Waals surface area contributed by atoms with Gasteiger partial charge in [0.1, 0.15) is 0 Å². The van der Waals surface area contributed by atoms with Crippen molar-refractivity contribution in [2.45, 2.75) is 13.5 Å². The van der Waals surface area contributed by atoms with E-state index in [1.807, 2.05) is 0 Å². The fourth-order valence-electron chi connectivity index (χ4n) is 1.91. The highest BCUT2D eigenvalue weighted by molar-refractivity contribution is 6.38. The first-order valence-corrected chi connectivity index (χ1v) is 7.22. The molecule has 1 N–H and O–H groups in total. The van der Waals surface area contributed by atoms with Gasteiger partial charge in [0, 0.05) is 16.7 Å². The Morgan fingerprint density at radius 1 is 1.39 bits per heavy atom. The number of aromatic nitrogens is 6. The molecule has 118 valence electrons. The highest BCUT2D eigenvalue weighted by Gasteiger charge is 2.19. The van der Waals surface area contributed by atoms with Crippen molar-refractivity contribution in [2.24, 2.45) is 0 Å². The molecule has 0 fully saturated rings. The molecule has 0 aliphatic carbocycles. The van der Waals surface area contributed by atoms with E-state index in [4.69, 9.17) is 27.9 Å². The third-order valence-electron chi connectivity index (χ3n) is 2.98. The smallest absolute Gasteiger partial charge is 0.346 e. The number of rotatable bonds is 4. The summed E-state index contributed by atoms with van der Waals surface area (Å²) in [6.07, 6.45) is 1.29. The molecule has 3 rings (SSSR count). The van der Waals surface area contributed by atoms with Gasteiger partial charge in [0.05, 0.1) is 22.8 Å². The number of ether oxygens (including phenoxy) is 1. The molecule has 0 bridgehead atoms. The third kappa shape index (κ3) is 3.33. The third-order valence-corrected chi connectivity index (χ3v) is 3.77. The van der Waals surface area contributed by atoms with Gasteiger partial charge in [-0.2, -0.15) is 9.90 Å². The largest absolute Gasteiger partial charge is 0.404 e. The van der Waals surface area contributed by atoms with Crippen LogP contribution < -0.4 is 4.74 Å². The van der Waals surface area contributed by atoms with Crippen LogP contribution >= 0.6 is 23.2 Å². The van der Waals surface area contributed by atoms with Gasteiger partial charge in [0.15, 0.2) is 6.33 Å². The molecule has 2 aromatic heterocycles. The maximum absolute atomic E-state index is 12.3. The van der Waals surface area contributed by atoms with Crippen molar-refractivity contribution in [3.8, 4) is 5.88 Å². The van der Waals surface area contributed by atoms with Gasteiger partial charge in [-0.05, 0) is 24.3 Å².